The quantitative estimate of drug-likeness (QED) is 0.617. The summed E-state index contributed by atoms with van der Waals surface area (Å²) < 4.78 is 28.9. The van der Waals surface area contributed by atoms with Crippen molar-refractivity contribution in [1.82, 2.24) is 10.3 Å². The Morgan fingerprint density at radius 2 is 2.00 bits per heavy atom. The zero-order chi connectivity index (χ0) is 19.7. The van der Waals surface area contributed by atoms with Gasteiger partial charge in [0.05, 0.1) is 26.6 Å². The van der Waals surface area contributed by atoms with Gasteiger partial charge in [0, 0.05) is 6.04 Å². The topological polar surface area (TPSA) is 102 Å². The van der Waals surface area contributed by atoms with Crippen LogP contribution in [0.1, 0.15) is 16.1 Å². The van der Waals surface area contributed by atoms with E-state index in [1.807, 2.05) is 30.3 Å². The van der Waals surface area contributed by atoms with Crippen molar-refractivity contribution in [2.45, 2.75) is 12.5 Å². The maximum atomic E-state index is 12.2. The minimum absolute atomic E-state index is 0.0663. The molecule has 0 spiro atoms. The maximum Gasteiger partial charge on any atom is 0.348 e. The van der Waals surface area contributed by atoms with Crippen LogP contribution in [0.2, 0.25) is 0 Å². The van der Waals surface area contributed by atoms with E-state index in [0.29, 0.717) is 11.3 Å². The monoisotopic (exact) mass is 436 g/mol. The van der Waals surface area contributed by atoms with Crippen LogP contribution in [0.5, 0.6) is 0 Å². The third-order valence-electron chi connectivity index (χ3n) is 4.24. The van der Waals surface area contributed by atoms with Gasteiger partial charge in [0.1, 0.15) is 9.88 Å². The highest BCUT2D eigenvalue weighted by atomic mass is 32.2. The summed E-state index contributed by atoms with van der Waals surface area (Å²) in [7, 11) is -3.07. The number of esters is 1. The lowest BCUT2D eigenvalue weighted by Gasteiger charge is -2.10. The van der Waals surface area contributed by atoms with Gasteiger partial charge in [0.25, 0.3) is 5.91 Å². The van der Waals surface area contributed by atoms with Gasteiger partial charge in [-0.05, 0) is 30.7 Å². The summed E-state index contributed by atoms with van der Waals surface area (Å²) in [6.45, 7) is -0.441. The second kappa shape index (κ2) is 7.61. The SMILES string of the molecule is O=C(COC(=O)c1ccc(-c2nc3ccccc3s2)s1)N[C@H]1CCS(=O)(=O)C1. The summed E-state index contributed by atoms with van der Waals surface area (Å²) in [5.41, 5.74) is 0.908. The minimum Gasteiger partial charge on any atom is -0.451 e. The smallest absolute Gasteiger partial charge is 0.348 e. The Hall–Kier alpha value is -2.30. The maximum absolute atomic E-state index is 12.2. The van der Waals surface area contributed by atoms with Crippen molar-refractivity contribution in [1.29, 1.82) is 0 Å². The van der Waals surface area contributed by atoms with Crippen molar-refractivity contribution in [2.24, 2.45) is 0 Å². The van der Waals surface area contributed by atoms with E-state index < -0.39 is 34.4 Å². The van der Waals surface area contributed by atoms with Gasteiger partial charge in [-0.1, -0.05) is 12.1 Å². The Kier molecular flexibility index (Phi) is 5.17. The Labute approximate surface area is 169 Å². The van der Waals surface area contributed by atoms with Gasteiger partial charge in [-0.3, -0.25) is 4.79 Å². The van der Waals surface area contributed by atoms with Gasteiger partial charge in [0.15, 0.2) is 16.4 Å². The first kappa shape index (κ1) is 19.0. The first-order valence-corrected chi connectivity index (χ1v) is 12.0. The van der Waals surface area contributed by atoms with E-state index in [4.69, 9.17) is 4.74 Å². The number of carbonyl (C=O) groups is 2. The van der Waals surface area contributed by atoms with E-state index in [2.05, 4.69) is 10.3 Å². The molecule has 1 N–H and O–H groups in total. The van der Waals surface area contributed by atoms with E-state index >= 15 is 0 Å². The van der Waals surface area contributed by atoms with Crippen molar-refractivity contribution in [3.05, 3.63) is 41.3 Å². The lowest BCUT2D eigenvalue weighted by molar-refractivity contribution is -0.124. The van der Waals surface area contributed by atoms with Crippen molar-refractivity contribution < 1.29 is 22.7 Å². The first-order chi connectivity index (χ1) is 13.4. The zero-order valence-corrected chi connectivity index (χ0v) is 17.0. The highest BCUT2D eigenvalue weighted by Crippen LogP contribution is 2.34. The molecule has 1 saturated heterocycles. The van der Waals surface area contributed by atoms with E-state index in [1.165, 1.54) is 11.3 Å². The fourth-order valence-electron chi connectivity index (χ4n) is 2.92. The number of nitrogens with one attached hydrogen (secondary N) is 1. The van der Waals surface area contributed by atoms with Gasteiger partial charge in [-0.2, -0.15) is 0 Å². The molecule has 0 saturated carbocycles. The van der Waals surface area contributed by atoms with Crippen LogP contribution in [0, 0.1) is 0 Å². The molecule has 1 aliphatic rings. The highest BCUT2D eigenvalue weighted by Gasteiger charge is 2.29. The molecular weight excluding hydrogens is 420 g/mol. The second-order valence-electron chi connectivity index (χ2n) is 6.39. The number of thiazole rings is 1. The summed E-state index contributed by atoms with van der Waals surface area (Å²) in [5, 5.41) is 3.41. The number of fused-ring (bicyclic) bond motifs is 1. The predicted molar refractivity (Wildman–Crippen MR) is 108 cm³/mol. The number of aromatic nitrogens is 1. The van der Waals surface area contributed by atoms with Gasteiger partial charge >= 0.3 is 5.97 Å². The number of rotatable bonds is 5. The Morgan fingerprint density at radius 1 is 1.18 bits per heavy atom. The first-order valence-electron chi connectivity index (χ1n) is 8.52. The van der Waals surface area contributed by atoms with Crippen molar-refractivity contribution in [3.8, 4) is 9.88 Å². The van der Waals surface area contributed by atoms with E-state index in [0.717, 1.165) is 20.1 Å². The summed E-state index contributed by atoms with van der Waals surface area (Å²) in [6.07, 6.45) is 0.387. The number of nitrogens with zero attached hydrogens (tertiary/aromatic N) is 1. The highest BCUT2D eigenvalue weighted by molar-refractivity contribution is 7.91. The van der Waals surface area contributed by atoms with Gasteiger partial charge < -0.3 is 10.1 Å². The molecule has 1 aromatic carbocycles. The average molecular weight is 437 g/mol. The number of hydrogen-bond acceptors (Lipinski definition) is 8. The molecule has 3 aromatic rings. The summed E-state index contributed by atoms with van der Waals surface area (Å²) in [4.78, 5) is 29.9. The van der Waals surface area contributed by atoms with Crippen LogP contribution >= 0.6 is 22.7 Å². The van der Waals surface area contributed by atoms with Gasteiger partial charge in [-0.25, -0.2) is 18.2 Å². The number of thiophene rings is 1. The van der Waals surface area contributed by atoms with Gasteiger partial charge in [-0.15, -0.1) is 22.7 Å². The minimum atomic E-state index is -3.07. The molecule has 146 valence electrons. The number of benzene rings is 1. The molecule has 4 rings (SSSR count). The van der Waals surface area contributed by atoms with E-state index in [-0.39, 0.29) is 11.5 Å². The van der Waals surface area contributed by atoms with Crippen LogP contribution in [0.25, 0.3) is 20.1 Å². The number of amides is 1. The molecule has 0 unspecified atom stereocenters. The van der Waals surface area contributed by atoms with Crippen LogP contribution in [-0.4, -0.2) is 49.4 Å². The number of para-hydroxylation sites is 1. The summed E-state index contributed by atoms with van der Waals surface area (Å²) in [5.74, 6) is -1.09. The Morgan fingerprint density at radius 3 is 2.75 bits per heavy atom. The van der Waals surface area contributed by atoms with E-state index in [9.17, 15) is 18.0 Å². The van der Waals surface area contributed by atoms with Crippen LogP contribution < -0.4 is 5.32 Å². The molecule has 1 aliphatic heterocycles. The average Bonchev–Trinajstić information content (AvgIpc) is 3.37. The number of ether oxygens (including phenoxy) is 1. The van der Waals surface area contributed by atoms with Gasteiger partial charge in [0.2, 0.25) is 0 Å². The summed E-state index contributed by atoms with van der Waals surface area (Å²) in [6, 6.07) is 10.9. The molecule has 0 aliphatic carbocycles. The van der Waals surface area contributed by atoms with Crippen LogP contribution in [0.4, 0.5) is 0 Å². The molecular formula is C18H16N2O5S3. The molecule has 0 bridgehead atoms. The fourth-order valence-corrected chi connectivity index (χ4v) is 6.51. The molecule has 1 amide bonds. The lowest BCUT2D eigenvalue weighted by atomic mass is 10.2. The zero-order valence-electron chi connectivity index (χ0n) is 14.6. The normalized spacial score (nSPS) is 18.2. The lowest BCUT2D eigenvalue weighted by Crippen LogP contribution is -2.38. The Bertz CT molecular complexity index is 1120. The predicted octanol–water partition coefficient (Wildman–Crippen LogP) is 2.48. The Balaban J connectivity index is 1.35. The van der Waals surface area contributed by atoms with Crippen LogP contribution in [0.3, 0.4) is 0 Å². The molecule has 0 radical (unpaired) electrons. The molecule has 3 heterocycles. The molecule has 7 nitrogen and oxygen atoms in total. The van der Waals surface area contributed by atoms with Crippen LogP contribution in [0.15, 0.2) is 36.4 Å². The third-order valence-corrected chi connectivity index (χ3v) is 8.28. The number of carbonyl (C=O) groups excluding carboxylic acids is 2. The fraction of sp³-hybridized carbons (Fsp3) is 0.278. The van der Waals surface area contributed by atoms with Crippen molar-refractivity contribution in [3.63, 3.8) is 0 Å². The van der Waals surface area contributed by atoms with Crippen LogP contribution in [-0.2, 0) is 19.4 Å². The number of sulfone groups is 1. The molecule has 2 aromatic heterocycles. The second-order valence-corrected chi connectivity index (χ2v) is 10.7. The molecule has 1 atom stereocenters. The molecule has 1 fully saturated rings. The standard InChI is InChI=1S/C18H16N2O5S3/c21-16(19-11-7-8-28(23,24)10-11)9-25-18(22)15-6-5-14(26-15)17-20-12-3-1-2-4-13(12)27-17/h1-6,11H,7-10H2,(H,19,21)/t11-/m0/s1. The number of hydrogen-bond donors (Lipinski definition) is 1. The largest absolute Gasteiger partial charge is 0.451 e. The third kappa shape index (κ3) is 4.23. The molecule has 28 heavy (non-hydrogen) atoms. The van der Waals surface area contributed by atoms with Crippen molar-refractivity contribution >= 4 is 54.6 Å². The van der Waals surface area contributed by atoms with Crippen molar-refractivity contribution in [2.75, 3.05) is 18.1 Å². The molecule has 10 heteroatoms. The van der Waals surface area contributed by atoms with E-state index in [1.54, 1.807) is 17.4 Å². The summed E-state index contributed by atoms with van der Waals surface area (Å²) >= 11 is 2.80.